The van der Waals surface area contributed by atoms with Gasteiger partial charge in [0.25, 0.3) is 0 Å². The Morgan fingerprint density at radius 1 is 1.44 bits per heavy atom. The van der Waals surface area contributed by atoms with Gasteiger partial charge < -0.3 is 4.90 Å². The molecule has 1 aliphatic rings. The number of nitrogens with zero attached hydrogens (tertiary/aromatic N) is 3. The number of hydrogen-bond donors (Lipinski definition) is 0. The molecule has 1 aromatic rings. The van der Waals surface area contributed by atoms with E-state index in [0.717, 1.165) is 41.4 Å². The van der Waals surface area contributed by atoms with E-state index in [9.17, 15) is 0 Å². The number of thioether (sulfide) groups is 1. The summed E-state index contributed by atoms with van der Waals surface area (Å²) in [6.45, 7) is 6.03. The van der Waals surface area contributed by atoms with Gasteiger partial charge in [-0.2, -0.15) is 0 Å². The Labute approximate surface area is 108 Å². The molecule has 2 rings (SSSR count). The van der Waals surface area contributed by atoms with Crippen LogP contribution in [0.5, 0.6) is 0 Å². The van der Waals surface area contributed by atoms with Crippen LogP contribution >= 0.6 is 27.7 Å². The normalized spacial score (nSPS) is 16.6. The van der Waals surface area contributed by atoms with Crippen LogP contribution in [0.2, 0.25) is 0 Å². The Bertz CT molecular complexity index is 398. The largest absolute Gasteiger partial charge is 0.355 e. The zero-order valence-corrected chi connectivity index (χ0v) is 11.6. The van der Waals surface area contributed by atoms with Gasteiger partial charge in [-0.15, -0.1) is 0 Å². The quantitative estimate of drug-likeness (QED) is 0.477. The summed E-state index contributed by atoms with van der Waals surface area (Å²) in [5.74, 6) is 1.01. The molecule has 0 bridgehead atoms. The summed E-state index contributed by atoms with van der Waals surface area (Å²) < 4.78 is 0.970. The van der Waals surface area contributed by atoms with E-state index in [1.54, 1.807) is 11.8 Å². The van der Waals surface area contributed by atoms with Gasteiger partial charge in [0.1, 0.15) is 5.82 Å². The fourth-order valence-corrected chi connectivity index (χ4v) is 2.48. The van der Waals surface area contributed by atoms with Crippen molar-refractivity contribution in [3.05, 3.63) is 22.8 Å². The first kappa shape index (κ1) is 11.9. The second-order valence-corrected chi connectivity index (χ2v) is 5.39. The first-order chi connectivity index (χ1) is 7.70. The van der Waals surface area contributed by atoms with Crippen LogP contribution in [0.3, 0.4) is 0 Å². The molecule has 0 saturated carbocycles. The van der Waals surface area contributed by atoms with E-state index in [4.69, 9.17) is 0 Å². The van der Waals surface area contributed by atoms with Crippen molar-refractivity contribution in [2.45, 2.75) is 18.0 Å². The highest BCUT2D eigenvalue weighted by Crippen LogP contribution is 2.28. The second-order valence-electron chi connectivity index (χ2n) is 3.77. The van der Waals surface area contributed by atoms with Gasteiger partial charge in [-0.05, 0) is 35.0 Å². The predicted molar refractivity (Wildman–Crippen MR) is 72.1 cm³/mol. The third kappa shape index (κ3) is 2.58. The minimum Gasteiger partial charge on any atom is -0.355 e. The molecule has 0 N–H and O–H groups in total. The molecule has 5 heteroatoms. The summed E-state index contributed by atoms with van der Waals surface area (Å²) in [4.78, 5) is 11.1. The van der Waals surface area contributed by atoms with Crippen LogP contribution < -0.4 is 4.90 Å². The average molecular weight is 300 g/mol. The van der Waals surface area contributed by atoms with E-state index in [1.807, 2.05) is 12.5 Å². The molecule has 1 aromatic heterocycles. The van der Waals surface area contributed by atoms with E-state index in [1.165, 1.54) is 5.57 Å². The number of anilines is 1. The van der Waals surface area contributed by atoms with Gasteiger partial charge in [0, 0.05) is 19.3 Å². The number of piperidine rings is 1. The van der Waals surface area contributed by atoms with E-state index in [2.05, 4.69) is 37.4 Å². The Hall–Kier alpha value is -0.550. The molecule has 16 heavy (non-hydrogen) atoms. The van der Waals surface area contributed by atoms with Gasteiger partial charge in [0.05, 0.1) is 4.47 Å². The van der Waals surface area contributed by atoms with E-state index in [0.29, 0.717) is 0 Å². The first-order valence-electron chi connectivity index (χ1n) is 5.19. The Morgan fingerprint density at radius 3 is 2.75 bits per heavy atom. The van der Waals surface area contributed by atoms with Crippen LogP contribution in [0.4, 0.5) is 5.82 Å². The smallest absolute Gasteiger partial charge is 0.189 e. The average Bonchev–Trinajstić information content (AvgIpc) is 2.31. The molecule has 3 nitrogen and oxygen atoms in total. The predicted octanol–water partition coefficient (Wildman–Crippen LogP) is 3.12. The van der Waals surface area contributed by atoms with Crippen molar-refractivity contribution in [2.75, 3.05) is 24.2 Å². The van der Waals surface area contributed by atoms with Crippen molar-refractivity contribution in [3.8, 4) is 0 Å². The van der Waals surface area contributed by atoms with Gasteiger partial charge in [-0.3, -0.25) is 0 Å². The van der Waals surface area contributed by atoms with Crippen LogP contribution in [0.1, 0.15) is 12.8 Å². The molecule has 0 radical (unpaired) electrons. The van der Waals surface area contributed by atoms with Crippen LogP contribution in [0, 0.1) is 0 Å². The van der Waals surface area contributed by atoms with Crippen LogP contribution in [0.25, 0.3) is 0 Å². The zero-order chi connectivity index (χ0) is 11.5. The maximum Gasteiger partial charge on any atom is 0.189 e. The summed E-state index contributed by atoms with van der Waals surface area (Å²) in [5, 5.41) is 0.822. The zero-order valence-electron chi connectivity index (χ0n) is 9.24. The summed E-state index contributed by atoms with van der Waals surface area (Å²) in [6.07, 6.45) is 5.94. The lowest BCUT2D eigenvalue weighted by Gasteiger charge is -2.29. The van der Waals surface area contributed by atoms with Crippen molar-refractivity contribution >= 4 is 33.5 Å². The maximum atomic E-state index is 4.54. The standard InChI is InChI=1S/C11H14BrN3S/c1-8-3-5-15(6-4-8)10-9(12)7-13-11(14-10)16-2/h7H,1,3-6H2,2H3. The van der Waals surface area contributed by atoms with Gasteiger partial charge in [0.2, 0.25) is 0 Å². The lowest BCUT2D eigenvalue weighted by Crippen LogP contribution is -2.31. The Kier molecular flexibility index (Phi) is 3.86. The first-order valence-corrected chi connectivity index (χ1v) is 7.20. The van der Waals surface area contributed by atoms with Gasteiger partial charge in [-0.25, -0.2) is 9.97 Å². The lowest BCUT2D eigenvalue weighted by atomic mass is 10.1. The van der Waals surface area contributed by atoms with E-state index in [-0.39, 0.29) is 0 Å². The molecule has 1 aliphatic heterocycles. The molecule has 1 saturated heterocycles. The van der Waals surface area contributed by atoms with Crippen molar-refractivity contribution in [1.82, 2.24) is 9.97 Å². The topological polar surface area (TPSA) is 29.0 Å². The number of halogens is 1. The molecular weight excluding hydrogens is 286 g/mol. The summed E-state index contributed by atoms with van der Waals surface area (Å²) in [5.41, 5.74) is 1.34. The van der Waals surface area contributed by atoms with Crippen molar-refractivity contribution in [3.63, 3.8) is 0 Å². The van der Waals surface area contributed by atoms with Gasteiger partial charge in [-0.1, -0.05) is 23.9 Å². The molecule has 0 unspecified atom stereocenters. The number of hydrogen-bond acceptors (Lipinski definition) is 4. The van der Waals surface area contributed by atoms with Crippen molar-refractivity contribution < 1.29 is 0 Å². The minimum atomic E-state index is 0.822. The molecule has 1 fully saturated rings. The van der Waals surface area contributed by atoms with E-state index < -0.39 is 0 Å². The SMILES string of the molecule is C=C1CCN(c2nc(SC)ncc2Br)CC1. The second kappa shape index (κ2) is 5.19. The Balaban J connectivity index is 2.22. The van der Waals surface area contributed by atoms with Crippen molar-refractivity contribution in [1.29, 1.82) is 0 Å². The maximum absolute atomic E-state index is 4.54. The molecule has 2 heterocycles. The third-order valence-electron chi connectivity index (χ3n) is 2.66. The molecule has 86 valence electrons. The fourth-order valence-electron chi connectivity index (χ4n) is 1.70. The minimum absolute atomic E-state index is 0.822. The monoisotopic (exact) mass is 299 g/mol. The molecule has 0 aliphatic carbocycles. The highest BCUT2D eigenvalue weighted by atomic mass is 79.9. The highest BCUT2D eigenvalue weighted by Gasteiger charge is 2.17. The van der Waals surface area contributed by atoms with Crippen LogP contribution in [0.15, 0.2) is 28.0 Å². The molecular formula is C11H14BrN3S. The molecule has 0 atom stereocenters. The van der Waals surface area contributed by atoms with Crippen LogP contribution in [-0.2, 0) is 0 Å². The molecule has 0 spiro atoms. The molecule has 0 aromatic carbocycles. The Morgan fingerprint density at radius 2 is 2.12 bits per heavy atom. The fraction of sp³-hybridized carbons (Fsp3) is 0.455. The summed E-state index contributed by atoms with van der Waals surface area (Å²) in [7, 11) is 0. The van der Waals surface area contributed by atoms with Crippen LogP contribution in [-0.4, -0.2) is 29.3 Å². The van der Waals surface area contributed by atoms with Crippen molar-refractivity contribution in [2.24, 2.45) is 0 Å². The third-order valence-corrected chi connectivity index (χ3v) is 3.78. The number of rotatable bonds is 2. The summed E-state index contributed by atoms with van der Waals surface area (Å²) >= 11 is 5.08. The van der Waals surface area contributed by atoms with Gasteiger partial charge >= 0.3 is 0 Å². The van der Waals surface area contributed by atoms with E-state index >= 15 is 0 Å². The lowest BCUT2D eigenvalue weighted by molar-refractivity contribution is 0.671. The molecule has 0 amide bonds. The van der Waals surface area contributed by atoms with Gasteiger partial charge in [0.15, 0.2) is 5.16 Å². The number of aromatic nitrogens is 2. The summed E-state index contributed by atoms with van der Waals surface area (Å²) in [6, 6.07) is 0. The highest BCUT2D eigenvalue weighted by molar-refractivity contribution is 9.10.